The van der Waals surface area contributed by atoms with Gasteiger partial charge in [-0.1, -0.05) is 26.2 Å². The molecule has 0 radical (unpaired) electrons. The van der Waals surface area contributed by atoms with Crippen molar-refractivity contribution in [3.8, 4) is 0 Å². The lowest BCUT2D eigenvalue weighted by molar-refractivity contribution is 0.100. The van der Waals surface area contributed by atoms with Crippen molar-refractivity contribution in [2.75, 3.05) is 18.4 Å². The van der Waals surface area contributed by atoms with Crippen LogP contribution in [0.2, 0.25) is 0 Å². The first-order valence-electron chi connectivity index (χ1n) is 8.04. The lowest BCUT2D eigenvalue weighted by atomic mass is 9.83. The molecule has 4 heteroatoms. The second kappa shape index (κ2) is 7.46. The van der Waals surface area contributed by atoms with E-state index in [9.17, 15) is 4.79 Å². The van der Waals surface area contributed by atoms with Gasteiger partial charge in [-0.25, -0.2) is 0 Å². The highest BCUT2D eigenvalue weighted by atomic mass is 16.1. The van der Waals surface area contributed by atoms with Crippen LogP contribution in [0.4, 0.5) is 5.69 Å². The summed E-state index contributed by atoms with van der Waals surface area (Å²) in [5.74, 6) is -0.374. The van der Waals surface area contributed by atoms with Gasteiger partial charge in [0, 0.05) is 16.8 Å². The molecule has 2 rings (SSSR count). The molecule has 4 nitrogen and oxygen atoms in total. The van der Waals surface area contributed by atoms with Crippen LogP contribution in [0.1, 0.15) is 55.8 Å². The molecule has 0 unspecified atom stereocenters. The van der Waals surface area contributed by atoms with Gasteiger partial charge in [0.1, 0.15) is 0 Å². The Labute approximate surface area is 127 Å². The molecule has 1 aliphatic rings. The number of hydrogen-bond acceptors (Lipinski definition) is 3. The van der Waals surface area contributed by atoms with Gasteiger partial charge in [0.05, 0.1) is 0 Å². The monoisotopic (exact) mass is 289 g/mol. The number of carbonyl (C=O) groups excluding carboxylic acids is 1. The number of nitrogens with two attached hydrogens (primary N) is 1. The number of piperidine rings is 1. The minimum atomic E-state index is -0.374. The molecule has 1 amide bonds. The molecule has 21 heavy (non-hydrogen) atoms. The van der Waals surface area contributed by atoms with E-state index in [2.05, 4.69) is 17.6 Å². The minimum Gasteiger partial charge on any atom is -0.380 e. The number of carbonyl (C=O) groups is 1. The third-order valence-corrected chi connectivity index (χ3v) is 4.40. The number of nitrogens with one attached hydrogen (secondary N) is 2. The molecule has 1 saturated heterocycles. The van der Waals surface area contributed by atoms with Gasteiger partial charge >= 0.3 is 0 Å². The highest BCUT2D eigenvalue weighted by Gasteiger charge is 2.31. The van der Waals surface area contributed by atoms with Crippen LogP contribution in [-0.2, 0) is 0 Å². The summed E-state index contributed by atoms with van der Waals surface area (Å²) < 4.78 is 0. The molecule has 1 aromatic carbocycles. The summed E-state index contributed by atoms with van der Waals surface area (Å²) in [6.45, 7) is 4.38. The Balaban J connectivity index is 2.04. The molecule has 0 aromatic heterocycles. The summed E-state index contributed by atoms with van der Waals surface area (Å²) in [7, 11) is 0. The third kappa shape index (κ3) is 4.46. The number of primary amides is 1. The number of unbranched alkanes of at least 4 members (excludes halogenated alkanes) is 2. The fourth-order valence-corrected chi connectivity index (χ4v) is 3.08. The molecule has 1 aliphatic heterocycles. The SMILES string of the molecule is CCCCCC1(Nc2ccc(C(N)=O)cc2)CCNCC1. The fraction of sp³-hybridized carbons (Fsp3) is 0.588. The van der Waals surface area contributed by atoms with Crippen molar-refractivity contribution in [2.24, 2.45) is 5.73 Å². The molecule has 0 aliphatic carbocycles. The standard InChI is InChI=1S/C17H27N3O/c1-2-3-4-9-17(10-12-19-13-11-17)20-15-7-5-14(6-8-15)16(18)21/h5-8,19-20H,2-4,9-13H2,1H3,(H2,18,21). The van der Waals surface area contributed by atoms with Crippen LogP contribution in [0.5, 0.6) is 0 Å². The molecule has 4 N–H and O–H groups in total. The summed E-state index contributed by atoms with van der Waals surface area (Å²) in [6.07, 6.45) is 7.31. The molecule has 116 valence electrons. The van der Waals surface area contributed by atoms with Gasteiger partial charge < -0.3 is 16.4 Å². The van der Waals surface area contributed by atoms with Crippen molar-refractivity contribution < 1.29 is 4.79 Å². The zero-order valence-corrected chi connectivity index (χ0v) is 13.0. The van der Waals surface area contributed by atoms with E-state index in [1.165, 1.54) is 25.7 Å². The smallest absolute Gasteiger partial charge is 0.248 e. The van der Waals surface area contributed by atoms with E-state index in [4.69, 9.17) is 5.73 Å². The van der Waals surface area contributed by atoms with Gasteiger partial charge in [-0.2, -0.15) is 0 Å². The molecule has 0 saturated carbocycles. The van der Waals surface area contributed by atoms with E-state index in [1.807, 2.05) is 12.1 Å². The number of anilines is 1. The third-order valence-electron chi connectivity index (χ3n) is 4.40. The maximum Gasteiger partial charge on any atom is 0.248 e. The normalized spacial score (nSPS) is 17.4. The molecule has 1 heterocycles. The summed E-state index contributed by atoms with van der Waals surface area (Å²) in [4.78, 5) is 11.1. The second-order valence-electron chi connectivity index (χ2n) is 6.05. The lowest BCUT2D eigenvalue weighted by Crippen LogP contribution is -2.47. The molecule has 0 spiro atoms. The van der Waals surface area contributed by atoms with Crippen molar-refractivity contribution in [1.82, 2.24) is 5.32 Å². The van der Waals surface area contributed by atoms with Crippen molar-refractivity contribution in [3.05, 3.63) is 29.8 Å². The van der Waals surface area contributed by atoms with Crippen LogP contribution in [0.3, 0.4) is 0 Å². The summed E-state index contributed by atoms with van der Waals surface area (Å²) in [6, 6.07) is 7.52. The van der Waals surface area contributed by atoms with Crippen LogP contribution in [-0.4, -0.2) is 24.5 Å². The van der Waals surface area contributed by atoms with Gasteiger partial charge in [0.2, 0.25) is 5.91 Å². The second-order valence-corrected chi connectivity index (χ2v) is 6.05. The van der Waals surface area contributed by atoms with Crippen LogP contribution >= 0.6 is 0 Å². The predicted molar refractivity (Wildman–Crippen MR) is 87.6 cm³/mol. The summed E-state index contributed by atoms with van der Waals surface area (Å²) >= 11 is 0. The Kier molecular flexibility index (Phi) is 5.62. The van der Waals surface area contributed by atoms with Gasteiger partial charge in [0.15, 0.2) is 0 Å². The topological polar surface area (TPSA) is 67.1 Å². The molecule has 0 bridgehead atoms. The lowest BCUT2D eigenvalue weighted by Gasteiger charge is -2.39. The maximum atomic E-state index is 11.1. The van der Waals surface area contributed by atoms with Crippen LogP contribution in [0.15, 0.2) is 24.3 Å². The van der Waals surface area contributed by atoms with Gasteiger partial charge in [0.25, 0.3) is 0 Å². The zero-order valence-electron chi connectivity index (χ0n) is 13.0. The van der Waals surface area contributed by atoms with E-state index < -0.39 is 0 Å². The van der Waals surface area contributed by atoms with Gasteiger partial charge in [-0.15, -0.1) is 0 Å². The van der Waals surface area contributed by atoms with Gasteiger partial charge in [-0.05, 0) is 56.6 Å². The molecule has 0 atom stereocenters. The number of benzene rings is 1. The molecular weight excluding hydrogens is 262 g/mol. The van der Waals surface area contributed by atoms with E-state index >= 15 is 0 Å². The first-order chi connectivity index (χ1) is 10.2. The summed E-state index contributed by atoms with van der Waals surface area (Å²) in [5, 5.41) is 7.17. The Hall–Kier alpha value is -1.55. The Morgan fingerprint density at radius 3 is 2.48 bits per heavy atom. The Morgan fingerprint density at radius 2 is 1.90 bits per heavy atom. The fourth-order valence-electron chi connectivity index (χ4n) is 3.08. The van der Waals surface area contributed by atoms with Crippen molar-refractivity contribution in [3.63, 3.8) is 0 Å². The van der Waals surface area contributed by atoms with Crippen molar-refractivity contribution in [1.29, 1.82) is 0 Å². The summed E-state index contributed by atoms with van der Waals surface area (Å²) in [5.41, 5.74) is 7.12. The van der Waals surface area contributed by atoms with E-state index in [0.717, 1.165) is 31.6 Å². The van der Waals surface area contributed by atoms with E-state index in [1.54, 1.807) is 12.1 Å². The predicted octanol–water partition coefficient (Wildman–Crippen LogP) is 2.90. The molecule has 1 aromatic rings. The van der Waals surface area contributed by atoms with Crippen molar-refractivity contribution in [2.45, 2.75) is 51.0 Å². The maximum absolute atomic E-state index is 11.1. The Morgan fingerprint density at radius 1 is 1.24 bits per heavy atom. The minimum absolute atomic E-state index is 0.189. The van der Waals surface area contributed by atoms with Crippen LogP contribution in [0.25, 0.3) is 0 Å². The largest absolute Gasteiger partial charge is 0.380 e. The number of hydrogen-bond donors (Lipinski definition) is 3. The van der Waals surface area contributed by atoms with Crippen LogP contribution < -0.4 is 16.4 Å². The average molecular weight is 289 g/mol. The van der Waals surface area contributed by atoms with Gasteiger partial charge in [-0.3, -0.25) is 4.79 Å². The molecule has 1 fully saturated rings. The number of amides is 1. The zero-order chi connectivity index (χ0) is 15.1. The van der Waals surface area contributed by atoms with Crippen molar-refractivity contribution >= 4 is 11.6 Å². The quantitative estimate of drug-likeness (QED) is 0.676. The van der Waals surface area contributed by atoms with E-state index in [-0.39, 0.29) is 11.4 Å². The highest BCUT2D eigenvalue weighted by Crippen LogP contribution is 2.30. The first kappa shape index (κ1) is 15.8. The van der Waals surface area contributed by atoms with E-state index in [0.29, 0.717) is 5.56 Å². The first-order valence-corrected chi connectivity index (χ1v) is 8.04. The van der Waals surface area contributed by atoms with Crippen LogP contribution in [0, 0.1) is 0 Å². The Bertz CT molecular complexity index is 450. The average Bonchev–Trinajstić information content (AvgIpc) is 2.49. The molecular formula is C17H27N3O. The number of rotatable bonds is 7. The highest BCUT2D eigenvalue weighted by molar-refractivity contribution is 5.93.